The van der Waals surface area contributed by atoms with Gasteiger partial charge >= 0.3 is 0 Å². The fourth-order valence-electron chi connectivity index (χ4n) is 2.53. The molecular weight excluding hydrogens is 497 g/mol. The molecule has 30 heavy (non-hydrogen) atoms. The van der Waals surface area contributed by atoms with Gasteiger partial charge in [-0.3, -0.25) is 14.8 Å². The van der Waals surface area contributed by atoms with Gasteiger partial charge in [0.15, 0.2) is 5.96 Å². The second-order valence-electron chi connectivity index (χ2n) is 6.38. The molecule has 3 N–H and O–H groups in total. The molecule has 0 unspecified atom stereocenters. The van der Waals surface area contributed by atoms with Crippen molar-refractivity contribution in [3.8, 4) is 5.75 Å². The Morgan fingerprint density at radius 1 is 1.20 bits per heavy atom. The molecular formula is C21H30IN5O3. The molecule has 1 aromatic carbocycles. The van der Waals surface area contributed by atoms with Crippen LogP contribution >= 0.6 is 24.0 Å². The number of guanidine groups is 1. The summed E-state index contributed by atoms with van der Waals surface area (Å²) in [6, 6.07) is 9.62. The average Bonchev–Trinajstić information content (AvgIpc) is 2.73. The van der Waals surface area contributed by atoms with Crippen LogP contribution in [0.4, 0.5) is 5.69 Å². The zero-order valence-corrected chi connectivity index (χ0v) is 19.9. The Labute approximate surface area is 194 Å². The number of amides is 1. The number of hydrogen-bond acceptors (Lipinski definition) is 5. The number of halogens is 1. The molecule has 0 radical (unpaired) electrons. The molecule has 0 aliphatic carbocycles. The lowest BCUT2D eigenvalue weighted by Crippen LogP contribution is -2.41. The first-order chi connectivity index (χ1) is 14.1. The molecule has 9 heteroatoms. The van der Waals surface area contributed by atoms with E-state index in [1.807, 2.05) is 25.1 Å². The van der Waals surface area contributed by atoms with Gasteiger partial charge in [0.1, 0.15) is 5.75 Å². The molecule has 0 atom stereocenters. The second kappa shape index (κ2) is 14.6. The SMILES string of the molecule is CN=C(NCC(=O)Nc1cccnc1)NCc1ccc(C)cc1OCCCOC.I. The van der Waals surface area contributed by atoms with Gasteiger partial charge < -0.3 is 25.4 Å². The average molecular weight is 527 g/mol. The number of aryl methyl sites for hydroxylation is 1. The fourth-order valence-corrected chi connectivity index (χ4v) is 2.53. The maximum absolute atomic E-state index is 12.1. The number of benzene rings is 1. The van der Waals surface area contributed by atoms with Crippen LogP contribution < -0.4 is 20.7 Å². The Morgan fingerprint density at radius 2 is 2.03 bits per heavy atom. The van der Waals surface area contributed by atoms with Gasteiger partial charge in [-0.1, -0.05) is 12.1 Å². The number of methoxy groups -OCH3 is 1. The van der Waals surface area contributed by atoms with Crippen molar-refractivity contribution in [3.63, 3.8) is 0 Å². The molecule has 164 valence electrons. The summed E-state index contributed by atoms with van der Waals surface area (Å²) in [5, 5.41) is 8.97. The first-order valence-electron chi connectivity index (χ1n) is 9.48. The van der Waals surface area contributed by atoms with E-state index in [1.54, 1.807) is 38.7 Å². The van der Waals surface area contributed by atoms with Gasteiger partial charge in [0.2, 0.25) is 5.91 Å². The number of aromatic nitrogens is 1. The van der Waals surface area contributed by atoms with Crippen molar-refractivity contribution in [2.24, 2.45) is 4.99 Å². The minimum atomic E-state index is -0.182. The Hall–Kier alpha value is -2.40. The van der Waals surface area contributed by atoms with Crippen molar-refractivity contribution in [3.05, 3.63) is 53.9 Å². The summed E-state index contributed by atoms with van der Waals surface area (Å²) in [5.74, 6) is 1.18. The number of nitrogens with one attached hydrogen (secondary N) is 3. The van der Waals surface area contributed by atoms with Crippen LogP contribution in [-0.4, -0.2) is 50.8 Å². The van der Waals surface area contributed by atoms with E-state index in [9.17, 15) is 4.79 Å². The summed E-state index contributed by atoms with van der Waals surface area (Å²) < 4.78 is 11.0. The molecule has 0 spiro atoms. The maximum Gasteiger partial charge on any atom is 0.243 e. The highest BCUT2D eigenvalue weighted by Gasteiger charge is 2.08. The van der Waals surface area contributed by atoms with Gasteiger partial charge in [-0.25, -0.2) is 0 Å². The summed E-state index contributed by atoms with van der Waals surface area (Å²) in [5.41, 5.74) is 2.79. The number of hydrogen-bond donors (Lipinski definition) is 3. The summed E-state index contributed by atoms with van der Waals surface area (Å²) in [6.07, 6.45) is 4.07. The van der Waals surface area contributed by atoms with Crippen molar-refractivity contribution in [2.75, 3.05) is 39.2 Å². The van der Waals surface area contributed by atoms with Gasteiger partial charge in [-0.05, 0) is 30.7 Å². The fraction of sp³-hybridized carbons (Fsp3) is 0.381. The van der Waals surface area contributed by atoms with E-state index in [2.05, 4.69) is 25.9 Å². The lowest BCUT2D eigenvalue weighted by molar-refractivity contribution is -0.115. The lowest BCUT2D eigenvalue weighted by atomic mass is 10.1. The number of ether oxygens (including phenoxy) is 2. The van der Waals surface area contributed by atoms with Gasteiger partial charge in [0.25, 0.3) is 0 Å². The Morgan fingerprint density at radius 3 is 2.73 bits per heavy atom. The van der Waals surface area contributed by atoms with Crippen molar-refractivity contribution in [1.29, 1.82) is 0 Å². The molecule has 1 aromatic heterocycles. The summed E-state index contributed by atoms with van der Waals surface area (Å²) in [6.45, 7) is 3.88. The number of anilines is 1. The third kappa shape index (κ3) is 9.40. The number of pyridine rings is 1. The highest BCUT2D eigenvalue weighted by atomic mass is 127. The predicted octanol–water partition coefficient (Wildman–Crippen LogP) is 2.73. The maximum atomic E-state index is 12.1. The van der Waals surface area contributed by atoms with Crippen LogP contribution in [0.25, 0.3) is 0 Å². The van der Waals surface area contributed by atoms with Gasteiger partial charge in [-0.15, -0.1) is 24.0 Å². The van der Waals surface area contributed by atoms with E-state index < -0.39 is 0 Å². The predicted molar refractivity (Wildman–Crippen MR) is 130 cm³/mol. The number of nitrogens with zero attached hydrogens (tertiary/aromatic N) is 2. The third-order valence-corrected chi connectivity index (χ3v) is 4.00. The summed E-state index contributed by atoms with van der Waals surface area (Å²) in [4.78, 5) is 20.2. The molecule has 2 rings (SSSR count). The van der Waals surface area contributed by atoms with E-state index in [0.717, 1.165) is 23.3 Å². The quantitative estimate of drug-likeness (QED) is 0.190. The standard InChI is InChI=1S/C21H29N5O3.HI/c1-16-7-8-17(19(12-16)29-11-5-10-28-3)13-24-21(22-2)25-15-20(27)26-18-6-4-9-23-14-18;/h4,6-9,12,14H,5,10-11,13,15H2,1-3H3,(H,26,27)(H2,22,24,25);1H. The first kappa shape index (κ1) is 25.6. The van der Waals surface area contributed by atoms with Crippen molar-refractivity contribution in [1.82, 2.24) is 15.6 Å². The van der Waals surface area contributed by atoms with Crippen LogP contribution in [0.1, 0.15) is 17.5 Å². The monoisotopic (exact) mass is 527 g/mol. The number of carbonyl (C=O) groups excluding carboxylic acids is 1. The topological polar surface area (TPSA) is 96.9 Å². The van der Waals surface area contributed by atoms with E-state index in [0.29, 0.717) is 31.4 Å². The zero-order valence-electron chi connectivity index (χ0n) is 17.6. The molecule has 1 amide bonds. The molecule has 0 fully saturated rings. The Bertz CT molecular complexity index is 802. The smallest absolute Gasteiger partial charge is 0.243 e. The van der Waals surface area contributed by atoms with Crippen LogP contribution in [0.3, 0.4) is 0 Å². The summed E-state index contributed by atoms with van der Waals surface area (Å²) >= 11 is 0. The van der Waals surface area contributed by atoms with E-state index in [4.69, 9.17) is 9.47 Å². The molecule has 0 aliphatic heterocycles. The highest BCUT2D eigenvalue weighted by Crippen LogP contribution is 2.20. The van der Waals surface area contributed by atoms with Crippen LogP contribution in [0.5, 0.6) is 5.75 Å². The molecule has 0 aliphatic rings. The van der Waals surface area contributed by atoms with Crippen LogP contribution in [0, 0.1) is 6.92 Å². The summed E-state index contributed by atoms with van der Waals surface area (Å²) in [7, 11) is 3.34. The van der Waals surface area contributed by atoms with Crippen molar-refractivity contribution >= 4 is 41.5 Å². The lowest BCUT2D eigenvalue weighted by Gasteiger charge is -2.15. The minimum absolute atomic E-state index is 0. The number of carbonyl (C=O) groups is 1. The van der Waals surface area contributed by atoms with Gasteiger partial charge in [0.05, 0.1) is 25.0 Å². The van der Waals surface area contributed by atoms with Crippen molar-refractivity contribution in [2.45, 2.75) is 19.9 Å². The molecule has 1 heterocycles. The Balaban J connectivity index is 0.00000450. The number of rotatable bonds is 10. The highest BCUT2D eigenvalue weighted by molar-refractivity contribution is 14.0. The van der Waals surface area contributed by atoms with E-state index in [1.165, 1.54) is 0 Å². The molecule has 0 bridgehead atoms. The van der Waals surface area contributed by atoms with E-state index >= 15 is 0 Å². The van der Waals surface area contributed by atoms with Crippen molar-refractivity contribution < 1.29 is 14.3 Å². The van der Waals surface area contributed by atoms with Crippen LogP contribution in [0.2, 0.25) is 0 Å². The van der Waals surface area contributed by atoms with Gasteiger partial charge in [-0.2, -0.15) is 0 Å². The van der Waals surface area contributed by atoms with Crippen LogP contribution in [-0.2, 0) is 16.1 Å². The molecule has 0 saturated heterocycles. The normalized spacial score (nSPS) is 10.7. The minimum Gasteiger partial charge on any atom is -0.493 e. The number of aliphatic imine (C=N–C) groups is 1. The Kier molecular flexibility index (Phi) is 12.4. The zero-order chi connectivity index (χ0) is 20.9. The second-order valence-corrected chi connectivity index (χ2v) is 6.38. The molecule has 2 aromatic rings. The van der Waals surface area contributed by atoms with Gasteiger partial charge in [0, 0.05) is 45.5 Å². The van der Waals surface area contributed by atoms with Crippen LogP contribution in [0.15, 0.2) is 47.7 Å². The first-order valence-corrected chi connectivity index (χ1v) is 9.48. The molecule has 0 saturated carbocycles. The molecule has 8 nitrogen and oxygen atoms in total. The largest absolute Gasteiger partial charge is 0.493 e. The third-order valence-electron chi connectivity index (χ3n) is 4.00. The van der Waals surface area contributed by atoms with E-state index in [-0.39, 0.29) is 36.4 Å².